The maximum absolute atomic E-state index is 10.2. The standard InChI is InChI=1S/C7H11N3O2S/c1-3-5-8-9-7(10(5)2)13-4-6(11)12/h3-4H2,1-2H3,(H,11,12)/p-1. The predicted molar refractivity (Wildman–Crippen MR) is 46.1 cm³/mol. The number of carbonyl (C=O) groups is 1. The molecule has 0 aromatic carbocycles. The van der Waals surface area contributed by atoms with Gasteiger partial charge in [0.2, 0.25) is 0 Å². The van der Waals surface area contributed by atoms with Crippen molar-refractivity contribution < 1.29 is 9.90 Å². The topological polar surface area (TPSA) is 70.8 Å². The van der Waals surface area contributed by atoms with Gasteiger partial charge in [0.25, 0.3) is 0 Å². The van der Waals surface area contributed by atoms with Crippen LogP contribution in [0, 0.1) is 0 Å². The van der Waals surface area contributed by atoms with Crippen molar-refractivity contribution in [2.45, 2.75) is 18.5 Å². The van der Waals surface area contributed by atoms with Crippen LogP contribution >= 0.6 is 11.8 Å². The molecule has 0 spiro atoms. The summed E-state index contributed by atoms with van der Waals surface area (Å²) in [5, 5.41) is 18.5. The number of aryl methyl sites for hydroxylation is 1. The molecule has 0 atom stereocenters. The second-order valence-electron chi connectivity index (χ2n) is 2.47. The van der Waals surface area contributed by atoms with Crippen molar-refractivity contribution in [3.63, 3.8) is 0 Å². The summed E-state index contributed by atoms with van der Waals surface area (Å²) >= 11 is 1.12. The van der Waals surface area contributed by atoms with Gasteiger partial charge in [0, 0.05) is 19.2 Å². The summed E-state index contributed by atoms with van der Waals surface area (Å²) in [5.41, 5.74) is 0. The van der Waals surface area contributed by atoms with E-state index < -0.39 is 5.97 Å². The van der Waals surface area contributed by atoms with Crippen LogP contribution in [0.4, 0.5) is 0 Å². The third kappa shape index (κ3) is 2.45. The number of hydrogen-bond donors (Lipinski definition) is 0. The van der Waals surface area contributed by atoms with Gasteiger partial charge in [-0.1, -0.05) is 18.7 Å². The molecule has 1 aromatic heterocycles. The first-order chi connectivity index (χ1) is 6.15. The molecule has 0 saturated heterocycles. The first-order valence-corrected chi connectivity index (χ1v) is 4.84. The number of carboxylic acid groups (broad SMARTS) is 1. The lowest BCUT2D eigenvalue weighted by Crippen LogP contribution is -2.24. The molecule has 13 heavy (non-hydrogen) atoms. The van der Waals surface area contributed by atoms with E-state index in [1.165, 1.54) is 0 Å². The Balaban J connectivity index is 2.67. The Morgan fingerprint density at radius 1 is 1.62 bits per heavy atom. The normalized spacial score (nSPS) is 10.3. The Morgan fingerprint density at radius 2 is 2.31 bits per heavy atom. The number of aliphatic carboxylic acids is 1. The zero-order chi connectivity index (χ0) is 9.84. The highest BCUT2D eigenvalue weighted by molar-refractivity contribution is 7.99. The van der Waals surface area contributed by atoms with E-state index in [2.05, 4.69) is 10.2 Å². The van der Waals surface area contributed by atoms with Crippen LogP contribution in [0.5, 0.6) is 0 Å². The Morgan fingerprint density at radius 3 is 2.77 bits per heavy atom. The van der Waals surface area contributed by atoms with E-state index in [0.29, 0.717) is 5.16 Å². The van der Waals surface area contributed by atoms with Gasteiger partial charge in [-0.3, -0.25) is 0 Å². The third-order valence-corrected chi connectivity index (χ3v) is 2.55. The number of rotatable bonds is 4. The molecule has 0 unspecified atom stereocenters. The first-order valence-electron chi connectivity index (χ1n) is 3.86. The van der Waals surface area contributed by atoms with Crippen molar-refractivity contribution in [2.24, 2.45) is 7.05 Å². The van der Waals surface area contributed by atoms with Crippen LogP contribution in [0.1, 0.15) is 12.7 Å². The quantitative estimate of drug-likeness (QED) is 0.596. The van der Waals surface area contributed by atoms with Crippen molar-refractivity contribution in [1.29, 1.82) is 0 Å². The van der Waals surface area contributed by atoms with Gasteiger partial charge in [-0.15, -0.1) is 10.2 Å². The minimum atomic E-state index is -1.09. The highest BCUT2D eigenvalue weighted by atomic mass is 32.2. The number of aromatic nitrogens is 3. The monoisotopic (exact) mass is 200 g/mol. The number of carboxylic acids is 1. The zero-order valence-corrected chi connectivity index (χ0v) is 8.30. The molecule has 0 radical (unpaired) electrons. The fourth-order valence-corrected chi connectivity index (χ4v) is 1.55. The van der Waals surface area contributed by atoms with E-state index in [-0.39, 0.29) is 5.75 Å². The second kappa shape index (κ2) is 4.27. The average Bonchev–Trinajstić information content (AvgIpc) is 2.43. The summed E-state index contributed by atoms with van der Waals surface area (Å²) in [7, 11) is 1.82. The Hall–Kier alpha value is -1.04. The SMILES string of the molecule is CCc1nnc(SCC(=O)[O-])n1C. The summed E-state index contributed by atoms with van der Waals surface area (Å²) in [6.45, 7) is 1.97. The zero-order valence-electron chi connectivity index (χ0n) is 7.48. The van der Waals surface area contributed by atoms with Gasteiger partial charge in [-0.25, -0.2) is 0 Å². The van der Waals surface area contributed by atoms with Gasteiger partial charge in [0.05, 0.1) is 5.97 Å². The molecule has 1 heterocycles. The Bertz CT molecular complexity index is 311. The van der Waals surface area contributed by atoms with E-state index >= 15 is 0 Å². The molecule has 72 valence electrons. The molecule has 0 aliphatic rings. The predicted octanol–water partition coefficient (Wildman–Crippen LogP) is -0.780. The van der Waals surface area contributed by atoms with Crippen LogP contribution in [-0.4, -0.2) is 26.5 Å². The molecule has 0 N–H and O–H groups in total. The van der Waals surface area contributed by atoms with Crippen LogP contribution in [0.25, 0.3) is 0 Å². The Labute approximate surface area is 80.2 Å². The number of hydrogen-bond acceptors (Lipinski definition) is 5. The number of nitrogens with zero attached hydrogens (tertiary/aromatic N) is 3. The molecule has 0 aliphatic heterocycles. The van der Waals surface area contributed by atoms with Gasteiger partial charge < -0.3 is 14.5 Å². The molecule has 6 heteroatoms. The molecular weight excluding hydrogens is 190 g/mol. The van der Waals surface area contributed by atoms with Crippen LogP contribution in [-0.2, 0) is 18.3 Å². The highest BCUT2D eigenvalue weighted by Gasteiger charge is 2.06. The molecule has 0 fully saturated rings. The molecule has 1 rings (SSSR count). The number of carbonyl (C=O) groups excluding carboxylic acids is 1. The van der Waals surface area contributed by atoms with E-state index in [0.717, 1.165) is 24.0 Å². The average molecular weight is 200 g/mol. The summed E-state index contributed by atoms with van der Waals surface area (Å²) in [5.74, 6) is -0.331. The highest BCUT2D eigenvalue weighted by Crippen LogP contribution is 2.14. The molecule has 0 amide bonds. The van der Waals surface area contributed by atoms with Gasteiger partial charge >= 0.3 is 0 Å². The fourth-order valence-electron chi connectivity index (χ4n) is 0.902. The minimum absolute atomic E-state index is 0.0876. The van der Waals surface area contributed by atoms with Crippen LogP contribution in [0.2, 0.25) is 0 Å². The van der Waals surface area contributed by atoms with Gasteiger partial charge in [-0.2, -0.15) is 0 Å². The van der Waals surface area contributed by atoms with E-state index in [1.807, 2.05) is 14.0 Å². The second-order valence-corrected chi connectivity index (χ2v) is 3.41. The van der Waals surface area contributed by atoms with Crippen LogP contribution in [0.3, 0.4) is 0 Å². The lowest BCUT2D eigenvalue weighted by atomic mass is 10.5. The lowest BCUT2D eigenvalue weighted by molar-refractivity contribution is -0.301. The minimum Gasteiger partial charge on any atom is -0.549 e. The first kappa shape index (κ1) is 10.0. The molecule has 1 aromatic rings. The summed E-state index contributed by atoms with van der Waals surface area (Å²) in [6, 6.07) is 0. The van der Waals surface area contributed by atoms with Crippen LogP contribution in [0.15, 0.2) is 5.16 Å². The van der Waals surface area contributed by atoms with Gasteiger partial charge in [0.15, 0.2) is 5.16 Å². The van der Waals surface area contributed by atoms with Crippen molar-refractivity contribution in [3.05, 3.63) is 5.82 Å². The molecule has 0 bridgehead atoms. The van der Waals surface area contributed by atoms with E-state index in [1.54, 1.807) is 4.57 Å². The number of thioether (sulfide) groups is 1. The largest absolute Gasteiger partial charge is 0.549 e. The summed E-state index contributed by atoms with van der Waals surface area (Å²) < 4.78 is 1.79. The third-order valence-electron chi connectivity index (χ3n) is 1.56. The maximum Gasteiger partial charge on any atom is 0.191 e. The van der Waals surface area contributed by atoms with Crippen molar-refractivity contribution in [3.8, 4) is 0 Å². The fraction of sp³-hybridized carbons (Fsp3) is 0.571. The Kier molecular flexibility index (Phi) is 3.30. The molecule has 0 saturated carbocycles. The molecule has 5 nitrogen and oxygen atoms in total. The molecular formula is C7H10N3O2S-. The van der Waals surface area contributed by atoms with E-state index in [9.17, 15) is 9.90 Å². The van der Waals surface area contributed by atoms with E-state index in [4.69, 9.17) is 0 Å². The van der Waals surface area contributed by atoms with Crippen molar-refractivity contribution in [2.75, 3.05) is 5.75 Å². The van der Waals surface area contributed by atoms with Crippen molar-refractivity contribution >= 4 is 17.7 Å². The van der Waals surface area contributed by atoms with Crippen molar-refractivity contribution in [1.82, 2.24) is 14.8 Å². The summed E-state index contributed by atoms with van der Waals surface area (Å²) in [4.78, 5) is 10.2. The molecule has 0 aliphatic carbocycles. The van der Waals surface area contributed by atoms with Crippen LogP contribution < -0.4 is 5.11 Å². The van der Waals surface area contributed by atoms with Gasteiger partial charge in [-0.05, 0) is 0 Å². The maximum atomic E-state index is 10.2. The lowest BCUT2D eigenvalue weighted by Gasteiger charge is -2.02. The smallest absolute Gasteiger partial charge is 0.191 e. The summed E-state index contributed by atoms with van der Waals surface area (Å²) in [6.07, 6.45) is 0.787. The van der Waals surface area contributed by atoms with Gasteiger partial charge in [0.1, 0.15) is 5.82 Å².